The Labute approximate surface area is 182 Å². The zero-order valence-corrected chi connectivity index (χ0v) is 22.2. The summed E-state index contributed by atoms with van der Waals surface area (Å²) in [5, 5.41) is 11.4. The summed E-state index contributed by atoms with van der Waals surface area (Å²) in [6.45, 7) is 6.75. The molecule has 0 saturated heterocycles. The Kier molecular flexibility index (Phi) is 11.2. The van der Waals surface area contributed by atoms with Crippen LogP contribution >= 0.6 is 0 Å². The van der Waals surface area contributed by atoms with Crippen molar-refractivity contribution in [1.82, 2.24) is 4.90 Å². The molecule has 5 heteroatoms. The van der Waals surface area contributed by atoms with E-state index in [9.17, 15) is 9.90 Å². The summed E-state index contributed by atoms with van der Waals surface area (Å²) in [4.78, 5) is 15.0. The van der Waals surface area contributed by atoms with E-state index >= 15 is 0 Å². The second kappa shape index (κ2) is 12.5. The molecule has 4 nitrogen and oxygen atoms in total. The minimum absolute atomic E-state index is 0. The SMILES string of the molecule is CCN(CC)CC#CCOC(=O)C(O)(c1ccccc1)C1CCCCC1.[BiH3]. The van der Waals surface area contributed by atoms with Gasteiger partial charge in [-0.05, 0) is 31.5 Å². The van der Waals surface area contributed by atoms with Crippen molar-refractivity contribution in [3.05, 3.63) is 35.9 Å². The normalized spacial score (nSPS) is 16.6. The van der Waals surface area contributed by atoms with Gasteiger partial charge in [0.2, 0.25) is 0 Å². The molecule has 1 atom stereocenters. The molecule has 0 heterocycles. The van der Waals surface area contributed by atoms with E-state index in [4.69, 9.17) is 4.74 Å². The van der Waals surface area contributed by atoms with Crippen LogP contribution in [0.15, 0.2) is 30.3 Å². The van der Waals surface area contributed by atoms with Crippen molar-refractivity contribution in [3.8, 4) is 11.8 Å². The van der Waals surface area contributed by atoms with Crippen molar-refractivity contribution in [2.45, 2.75) is 51.6 Å². The molecule has 1 aliphatic rings. The topological polar surface area (TPSA) is 49.8 Å². The third-order valence-electron chi connectivity index (χ3n) is 5.32. The summed E-state index contributed by atoms with van der Waals surface area (Å²) < 4.78 is 5.38. The van der Waals surface area contributed by atoms with Gasteiger partial charge in [-0.15, -0.1) is 0 Å². The number of benzene rings is 1. The number of aliphatic hydroxyl groups is 1. The zero-order valence-electron chi connectivity index (χ0n) is 16.7. The maximum absolute atomic E-state index is 12.8. The summed E-state index contributed by atoms with van der Waals surface area (Å²) in [6.07, 6.45) is 4.92. The Balaban J connectivity index is 0.00000364. The second-order valence-corrected chi connectivity index (χ2v) is 6.86. The predicted molar refractivity (Wildman–Crippen MR) is 113 cm³/mol. The number of carbonyl (C=O) groups is 1. The molecule has 1 aromatic rings. The van der Waals surface area contributed by atoms with E-state index in [1.807, 2.05) is 30.3 Å². The van der Waals surface area contributed by atoms with Gasteiger partial charge in [-0.3, -0.25) is 4.90 Å². The third kappa shape index (κ3) is 6.56. The third-order valence-corrected chi connectivity index (χ3v) is 5.32. The van der Waals surface area contributed by atoms with Crippen LogP contribution in [-0.2, 0) is 15.1 Å². The predicted octanol–water partition coefficient (Wildman–Crippen LogP) is 2.16. The van der Waals surface area contributed by atoms with Crippen molar-refractivity contribution in [1.29, 1.82) is 0 Å². The van der Waals surface area contributed by atoms with E-state index in [2.05, 4.69) is 30.6 Å². The van der Waals surface area contributed by atoms with Crippen LogP contribution in [-0.4, -0.2) is 68.4 Å². The Bertz CT molecular complexity index is 615. The van der Waals surface area contributed by atoms with Crippen molar-refractivity contribution < 1.29 is 14.6 Å². The molecular formula is C22H34BiNO3. The Morgan fingerprint density at radius 3 is 2.37 bits per heavy atom. The van der Waals surface area contributed by atoms with Crippen molar-refractivity contribution >= 4 is 32.2 Å². The molecule has 150 valence electrons. The van der Waals surface area contributed by atoms with Crippen LogP contribution in [0.4, 0.5) is 0 Å². The van der Waals surface area contributed by atoms with Gasteiger partial charge >= 0.3 is 32.2 Å². The van der Waals surface area contributed by atoms with Crippen LogP contribution in [0.5, 0.6) is 0 Å². The Hall–Kier alpha value is -0.947. The van der Waals surface area contributed by atoms with Gasteiger partial charge in [-0.25, -0.2) is 4.79 Å². The first kappa shape index (κ1) is 24.1. The molecule has 1 N–H and O–H groups in total. The fourth-order valence-corrected chi connectivity index (χ4v) is 3.61. The summed E-state index contributed by atoms with van der Waals surface area (Å²) in [5.41, 5.74) is -0.963. The molecule has 27 heavy (non-hydrogen) atoms. The minimum atomic E-state index is -1.58. The van der Waals surface area contributed by atoms with E-state index in [0.717, 1.165) is 45.2 Å². The number of nitrogens with zero attached hydrogens (tertiary/aromatic N) is 1. The first-order valence-corrected chi connectivity index (χ1v) is 9.76. The molecule has 0 aliphatic heterocycles. The van der Waals surface area contributed by atoms with E-state index in [-0.39, 0.29) is 38.7 Å². The van der Waals surface area contributed by atoms with Gasteiger partial charge in [-0.2, -0.15) is 0 Å². The number of ether oxygens (including phenoxy) is 1. The molecule has 1 unspecified atom stereocenters. The Morgan fingerprint density at radius 1 is 1.15 bits per heavy atom. The average Bonchev–Trinajstić information content (AvgIpc) is 2.71. The molecular weight excluding hydrogens is 535 g/mol. The summed E-state index contributed by atoms with van der Waals surface area (Å²) >= 11 is 0. The van der Waals surface area contributed by atoms with E-state index in [0.29, 0.717) is 12.1 Å². The molecule has 0 bridgehead atoms. The zero-order chi connectivity index (χ0) is 18.8. The summed E-state index contributed by atoms with van der Waals surface area (Å²) in [7, 11) is 0. The molecule has 0 aromatic heterocycles. The number of hydrogen-bond donors (Lipinski definition) is 1. The fourth-order valence-electron chi connectivity index (χ4n) is 3.61. The van der Waals surface area contributed by atoms with Crippen molar-refractivity contribution in [3.63, 3.8) is 0 Å². The van der Waals surface area contributed by atoms with Crippen LogP contribution in [0.3, 0.4) is 0 Å². The summed E-state index contributed by atoms with van der Waals surface area (Å²) in [6, 6.07) is 9.19. The van der Waals surface area contributed by atoms with Crippen LogP contribution in [0, 0.1) is 17.8 Å². The maximum atomic E-state index is 12.8. The molecule has 0 amide bonds. The van der Waals surface area contributed by atoms with E-state index in [1.54, 1.807) is 0 Å². The first-order valence-electron chi connectivity index (χ1n) is 9.76. The molecule has 0 spiro atoms. The molecule has 1 aliphatic carbocycles. The number of rotatable bonds is 7. The molecule has 1 fully saturated rings. The molecule has 1 aromatic carbocycles. The number of hydrogen-bond acceptors (Lipinski definition) is 4. The van der Waals surface area contributed by atoms with Gasteiger partial charge in [0.15, 0.2) is 12.2 Å². The number of esters is 1. The van der Waals surface area contributed by atoms with Gasteiger partial charge < -0.3 is 9.84 Å². The van der Waals surface area contributed by atoms with E-state index < -0.39 is 11.6 Å². The van der Waals surface area contributed by atoms with E-state index in [1.165, 1.54) is 0 Å². The quantitative estimate of drug-likeness (QED) is 0.311. The first-order chi connectivity index (χ1) is 12.6. The van der Waals surface area contributed by atoms with Gasteiger partial charge in [0, 0.05) is 5.92 Å². The van der Waals surface area contributed by atoms with Gasteiger partial charge in [0.1, 0.15) is 0 Å². The van der Waals surface area contributed by atoms with Crippen LogP contribution in [0.1, 0.15) is 51.5 Å². The van der Waals surface area contributed by atoms with Crippen LogP contribution < -0.4 is 0 Å². The molecule has 0 radical (unpaired) electrons. The molecule has 2 rings (SSSR count). The van der Waals surface area contributed by atoms with Crippen LogP contribution in [0.2, 0.25) is 0 Å². The average molecular weight is 569 g/mol. The van der Waals surface area contributed by atoms with Crippen LogP contribution in [0.25, 0.3) is 0 Å². The van der Waals surface area contributed by atoms with Crippen molar-refractivity contribution in [2.24, 2.45) is 5.92 Å². The van der Waals surface area contributed by atoms with Gasteiger partial charge in [-0.1, -0.05) is 75.3 Å². The standard InChI is InChI=1S/C22H31NO3.Bi.3H/c1-3-23(4-2)17-11-12-18-26-21(24)22(25,19-13-7-5-8-14-19)20-15-9-6-10-16-20;;;;/h5,7-8,13-14,20,25H,3-4,6,9-10,15-18H2,1-2H3;;;;. The monoisotopic (exact) mass is 569 g/mol. The van der Waals surface area contributed by atoms with Crippen molar-refractivity contribution in [2.75, 3.05) is 26.2 Å². The van der Waals surface area contributed by atoms with Gasteiger partial charge in [0.25, 0.3) is 0 Å². The van der Waals surface area contributed by atoms with Gasteiger partial charge in [0.05, 0.1) is 6.54 Å². The second-order valence-electron chi connectivity index (χ2n) is 6.86. The number of carbonyl (C=O) groups excluding carboxylic acids is 1. The fraction of sp³-hybridized carbons (Fsp3) is 0.591. The Morgan fingerprint density at radius 2 is 1.78 bits per heavy atom. The summed E-state index contributed by atoms with van der Waals surface area (Å²) in [5.74, 6) is 5.25. The molecule has 1 saturated carbocycles.